The van der Waals surface area contributed by atoms with E-state index in [0.717, 1.165) is 16.3 Å². The second-order valence-electron chi connectivity index (χ2n) is 5.75. The molecule has 0 spiro atoms. The molecule has 3 rings (SSSR count). The van der Waals surface area contributed by atoms with Crippen LogP contribution in [0.15, 0.2) is 47.8 Å². The standard InChI is InChI=1S/C21H21NO5S/c1-4-26-17-8-5-14(6-9-17)21(23)27-12-16-13-28-20(22-16)15-7-10-18(24-2)19(11-15)25-3/h5-11,13H,4,12H2,1-3H3. The SMILES string of the molecule is CCOc1ccc(C(=O)OCc2csc(-c3ccc(OC)c(OC)c3)n2)cc1. The van der Waals surface area contributed by atoms with E-state index in [1.165, 1.54) is 11.3 Å². The molecule has 3 aromatic rings. The number of nitrogens with zero attached hydrogens (tertiary/aromatic N) is 1. The van der Waals surface area contributed by atoms with Gasteiger partial charge in [0.2, 0.25) is 0 Å². The van der Waals surface area contributed by atoms with Gasteiger partial charge in [-0.1, -0.05) is 0 Å². The summed E-state index contributed by atoms with van der Waals surface area (Å²) in [4.78, 5) is 16.7. The number of methoxy groups -OCH3 is 2. The highest BCUT2D eigenvalue weighted by Crippen LogP contribution is 2.33. The maximum Gasteiger partial charge on any atom is 0.338 e. The van der Waals surface area contributed by atoms with E-state index in [4.69, 9.17) is 18.9 Å². The van der Waals surface area contributed by atoms with Crippen molar-refractivity contribution in [1.29, 1.82) is 0 Å². The van der Waals surface area contributed by atoms with Crippen molar-refractivity contribution in [3.05, 3.63) is 59.1 Å². The number of carbonyl (C=O) groups excluding carboxylic acids is 1. The molecule has 0 N–H and O–H groups in total. The van der Waals surface area contributed by atoms with Gasteiger partial charge in [-0.25, -0.2) is 9.78 Å². The average molecular weight is 399 g/mol. The predicted octanol–water partition coefficient (Wildman–Crippen LogP) is 4.58. The molecule has 7 heteroatoms. The molecule has 146 valence electrons. The minimum Gasteiger partial charge on any atom is -0.494 e. The first kappa shape index (κ1) is 19.7. The van der Waals surface area contributed by atoms with Crippen LogP contribution in [0.3, 0.4) is 0 Å². The van der Waals surface area contributed by atoms with Crippen LogP contribution in [0.2, 0.25) is 0 Å². The third kappa shape index (κ3) is 4.61. The number of aromatic nitrogens is 1. The van der Waals surface area contributed by atoms with Gasteiger partial charge >= 0.3 is 5.97 Å². The lowest BCUT2D eigenvalue weighted by molar-refractivity contribution is 0.0468. The Bertz CT molecular complexity index is 936. The van der Waals surface area contributed by atoms with Gasteiger partial charge in [0.05, 0.1) is 32.1 Å². The first-order valence-corrected chi connectivity index (χ1v) is 9.59. The monoisotopic (exact) mass is 399 g/mol. The molecule has 1 aromatic heterocycles. The van der Waals surface area contributed by atoms with Gasteiger partial charge in [-0.2, -0.15) is 0 Å². The van der Waals surface area contributed by atoms with Crippen molar-refractivity contribution < 1.29 is 23.7 Å². The summed E-state index contributed by atoms with van der Waals surface area (Å²) in [5.74, 6) is 1.62. The van der Waals surface area contributed by atoms with Crippen LogP contribution in [0.1, 0.15) is 23.0 Å². The van der Waals surface area contributed by atoms with Crippen molar-refractivity contribution in [2.24, 2.45) is 0 Å². The predicted molar refractivity (Wildman–Crippen MR) is 107 cm³/mol. The molecular formula is C21H21NO5S. The molecule has 1 heterocycles. The molecule has 0 unspecified atom stereocenters. The second-order valence-corrected chi connectivity index (χ2v) is 6.61. The van der Waals surface area contributed by atoms with Gasteiger partial charge in [0.15, 0.2) is 11.5 Å². The molecule has 2 aromatic carbocycles. The number of hydrogen-bond donors (Lipinski definition) is 0. The van der Waals surface area contributed by atoms with E-state index in [9.17, 15) is 4.79 Å². The van der Waals surface area contributed by atoms with Crippen molar-refractivity contribution in [2.45, 2.75) is 13.5 Å². The van der Waals surface area contributed by atoms with Crippen LogP contribution in [0, 0.1) is 0 Å². The highest BCUT2D eigenvalue weighted by Gasteiger charge is 2.12. The summed E-state index contributed by atoms with van der Waals surface area (Å²) in [5, 5.41) is 2.69. The molecule has 0 aliphatic carbocycles. The molecule has 0 bridgehead atoms. The van der Waals surface area contributed by atoms with Crippen LogP contribution in [0.5, 0.6) is 17.2 Å². The summed E-state index contributed by atoms with van der Waals surface area (Å²) in [5.41, 5.74) is 2.07. The molecular weight excluding hydrogens is 378 g/mol. The van der Waals surface area contributed by atoms with Crippen molar-refractivity contribution in [3.8, 4) is 27.8 Å². The van der Waals surface area contributed by atoms with Crippen LogP contribution in [-0.4, -0.2) is 31.8 Å². The lowest BCUT2D eigenvalue weighted by Gasteiger charge is -2.08. The second kappa shape index (κ2) is 9.23. The Morgan fingerprint density at radius 3 is 2.46 bits per heavy atom. The van der Waals surface area contributed by atoms with Gasteiger partial charge in [-0.05, 0) is 49.4 Å². The van der Waals surface area contributed by atoms with Crippen LogP contribution in [0.25, 0.3) is 10.6 Å². The fraction of sp³-hybridized carbons (Fsp3) is 0.238. The molecule has 0 saturated carbocycles. The van der Waals surface area contributed by atoms with E-state index in [2.05, 4.69) is 4.98 Å². The van der Waals surface area contributed by atoms with E-state index in [0.29, 0.717) is 29.4 Å². The Labute approximate surface area is 167 Å². The molecule has 0 atom stereocenters. The molecule has 0 aliphatic heterocycles. The third-order valence-corrected chi connectivity index (χ3v) is 4.87. The lowest BCUT2D eigenvalue weighted by atomic mass is 10.2. The van der Waals surface area contributed by atoms with Gasteiger partial charge in [0, 0.05) is 10.9 Å². The number of carbonyl (C=O) groups is 1. The fourth-order valence-corrected chi connectivity index (χ4v) is 3.35. The summed E-state index contributed by atoms with van der Waals surface area (Å²) in [6, 6.07) is 12.5. The Morgan fingerprint density at radius 2 is 1.79 bits per heavy atom. The summed E-state index contributed by atoms with van der Waals surface area (Å²) >= 11 is 1.47. The first-order valence-electron chi connectivity index (χ1n) is 8.71. The number of rotatable bonds is 8. The molecule has 0 saturated heterocycles. The smallest absolute Gasteiger partial charge is 0.338 e. The maximum atomic E-state index is 12.2. The normalized spacial score (nSPS) is 10.4. The lowest BCUT2D eigenvalue weighted by Crippen LogP contribution is -2.05. The van der Waals surface area contributed by atoms with E-state index in [1.807, 2.05) is 30.5 Å². The van der Waals surface area contributed by atoms with Crippen molar-refractivity contribution in [1.82, 2.24) is 4.98 Å². The van der Waals surface area contributed by atoms with Crippen molar-refractivity contribution in [3.63, 3.8) is 0 Å². The fourth-order valence-electron chi connectivity index (χ4n) is 2.55. The molecule has 28 heavy (non-hydrogen) atoms. The molecule has 0 radical (unpaired) electrons. The number of ether oxygens (including phenoxy) is 4. The largest absolute Gasteiger partial charge is 0.494 e. The van der Waals surface area contributed by atoms with Crippen LogP contribution < -0.4 is 14.2 Å². The molecule has 0 amide bonds. The first-order chi connectivity index (χ1) is 13.6. The molecule has 6 nitrogen and oxygen atoms in total. The van der Waals surface area contributed by atoms with Crippen molar-refractivity contribution >= 4 is 17.3 Å². The third-order valence-electron chi connectivity index (χ3n) is 3.93. The topological polar surface area (TPSA) is 66.9 Å². The molecule has 0 fully saturated rings. The zero-order valence-corrected chi connectivity index (χ0v) is 16.7. The summed E-state index contributed by atoms with van der Waals surface area (Å²) in [6.45, 7) is 2.60. The van der Waals surface area contributed by atoms with E-state index in [1.54, 1.807) is 38.5 Å². The minimum absolute atomic E-state index is 0.107. The van der Waals surface area contributed by atoms with E-state index in [-0.39, 0.29) is 6.61 Å². The highest BCUT2D eigenvalue weighted by atomic mass is 32.1. The Hall–Kier alpha value is -3.06. The molecule has 0 aliphatic rings. The van der Waals surface area contributed by atoms with Crippen molar-refractivity contribution in [2.75, 3.05) is 20.8 Å². The number of esters is 1. The summed E-state index contributed by atoms with van der Waals surface area (Å²) < 4.78 is 21.3. The maximum absolute atomic E-state index is 12.2. The average Bonchev–Trinajstić information content (AvgIpc) is 3.21. The summed E-state index contributed by atoms with van der Waals surface area (Å²) in [7, 11) is 3.19. The van der Waals surface area contributed by atoms with Crippen LogP contribution in [-0.2, 0) is 11.3 Å². The van der Waals surface area contributed by atoms with Gasteiger partial charge in [0.25, 0.3) is 0 Å². The van der Waals surface area contributed by atoms with Gasteiger partial charge in [0.1, 0.15) is 17.4 Å². The number of hydrogen-bond acceptors (Lipinski definition) is 7. The Balaban J connectivity index is 1.64. The summed E-state index contributed by atoms with van der Waals surface area (Å²) in [6.07, 6.45) is 0. The zero-order valence-electron chi connectivity index (χ0n) is 15.9. The van der Waals surface area contributed by atoms with Gasteiger partial charge in [-0.15, -0.1) is 11.3 Å². The Kier molecular flexibility index (Phi) is 6.49. The number of benzene rings is 2. The van der Waals surface area contributed by atoms with Gasteiger partial charge in [-0.3, -0.25) is 0 Å². The Morgan fingerprint density at radius 1 is 1.04 bits per heavy atom. The quantitative estimate of drug-likeness (QED) is 0.517. The van der Waals surface area contributed by atoms with Gasteiger partial charge < -0.3 is 18.9 Å². The van der Waals surface area contributed by atoms with Crippen LogP contribution >= 0.6 is 11.3 Å². The number of thiazole rings is 1. The van der Waals surface area contributed by atoms with Crippen LogP contribution in [0.4, 0.5) is 0 Å². The minimum atomic E-state index is -0.399. The highest BCUT2D eigenvalue weighted by molar-refractivity contribution is 7.13. The zero-order chi connectivity index (χ0) is 19.9. The van der Waals surface area contributed by atoms with E-state index >= 15 is 0 Å². The van der Waals surface area contributed by atoms with E-state index < -0.39 is 5.97 Å².